The van der Waals surface area contributed by atoms with Gasteiger partial charge in [0.1, 0.15) is 24.9 Å². The van der Waals surface area contributed by atoms with Crippen LogP contribution in [0.2, 0.25) is 0 Å². The highest BCUT2D eigenvalue weighted by Crippen LogP contribution is 2.38. The van der Waals surface area contributed by atoms with Crippen LogP contribution in [0.4, 0.5) is 24.7 Å². The van der Waals surface area contributed by atoms with E-state index in [0.29, 0.717) is 53.3 Å². The molecular formula is C20H17F3N4O4. The first-order valence-electron chi connectivity index (χ1n) is 9.33. The van der Waals surface area contributed by atoms with Crippen LogP contribution in [-0.2, 0) is 6.18 Å². The summed E-state index contributed by atoms with van der Waals surface area (Å²) in [6, 6.07) is 5.22. The first-order valence-corrected chi connectivity index (χ1v) is 9.33. The normalized spacial score (nSPS) is 14.4. The van der Waals surface area contributed by atoms with Crippen LogP contribution in [0.3, 0.4) is 0 Å². The molecule has 2 heterocycles. The molecule has 31 heavy (non-hydrogen) atoms. The summed E-state index contributed by atoms with van der Waals surface area (Å²) in [5.41, 5.74) is -1.06. The molecule has 1 aliphatic rings. The van der Waals surface area contributed by atoms with Gasteiger partial charge in [0.25, 0.3) is 5.69 Å². The molecule has 0 radical (unpaired) electrons. The Balaban J connectivity index is 1.75. The number of ether oxygens (including phenoxy) is 2. The van der Waals surface area contributed by atoms with Gasteiger partial charge in [-0.15, -0.1) is 0 Å². The molecule has 1 aliphatic heterocycles. The first-order chi connectivity index (χ1) is 14.6. The van der Waals surface area contributed by atoms with E-state index in [1.165, 1.54) is 0 Å². The van der Waals surface area contributed by atoms with E-state index in [1.807, 2.05) is 0 Å². The quantitative estimate of drug-likeness (QED) is 0.465. The third-order valence-corrected chi connectivity index (χ3v) is 4.80. The lowest BCUT2D eigenvalue weighted by molar-refractivity contribution is -0.385. The monoisotopic (exact) mass is 434 g/mol. The molecule has 0 bridgehead atoms. The minimum absolute atomic E-state index is 0.100. The maximum atomic E-state index is 13.2. The van der Waals surface area contributed by atoms with Crippen LogP contribution < -0.4 is 14.8 Å². The Morgan fingerprint density at radius 3 is 2.42 bits per heavy atom. The van der Waals surface area contributed by atoms with Gasteiger partial charge in [-0.1, -0.05) is 0 Å². The van der Waals surface area contributed by atoms with Gasteiger partial charge in [-0.25, -0.2) is 9.97 Å². The SMILES string of the molecule is Cc1nc(N[C@H](C)c2cc([N+](=O)[O-])cc(C(F)(F)F)c2)c2cc3c(cc2n1)OCCO3. The number of halogens is 3. The van der Waals surface area contributed by atoms with Gasteiger partial charge in [-0.3, -0.25) is 10.1 Å². The van der Waals surface area contributed by atoms with Crippen molar-refractivity contribution in [3.63, 3.8) is 0 Å². The van der Waals surface area contributed by atoms with E-state index in [9.17, 15) is 23.3 Å². The van der Waals surface area contributed by atoms with Gasteiger partial charge in [0.2, 0.25) is 0 Å². The Morgan fingerprint density at radius 1 is 1.10 bits per heavy atom. The summed E-state index contributed by atoms with van der Waals surface area (Å²) in [4.78, 5) is 19.0. The lowest BCUT2D eigenvalue weighted by Gasteiger charge is -2.21. The number of benzene rings is 2. The molecule has 11 heteroatoms. The largest absolute Gasteiger partial charge is 0.486 e. The molecule has 1 aromatic heterocycles. The molecule has 162 valence electrons. The lowest BCUT2D eigenvalue weighted by Crippen LogP contribution is -2.16. The van der Waals surface area contributed by atoms with E-state index in [1.54, 1.807) is 26.0 Å². The molecule has 0 saturated carbocycles. The van der Waals surface area contributed by atoms with Crippen LogP contribution in [0.1, 0.15) is 29.9 Å². The van der Waals surface area contributed by atoms with Crippen LogP contribution in [0.5, 0.6) is 11.5 Å². The van der Waals surface area contributed by atoms with Crippen molar-refractivity contribution in [2.24, 2.45) is 0 Å². The average Bonchev–Trinajstić information content (AvgIpc) is 2.71. The summed E-state index contributed by atoms with van der Waals surface area (Å²) in [5, 5.41) is 14.8. The molecule has 3 aromatic rings. The predicted octanol–water partition coefficient (Wildman–Crippen LogP) is 4.81. The summed E-state index contributed by atoms with van der Waals surface area (Å²) in [6.45, 7) is 4.08. The summed E-state index contributed by atoms with van der Waals surface area (Å²) >= 11 is 0. The lowest BCUT2D eigenvalue weighted by atomic mass is 10.0. The van der Waals surface area contributed by atoms with Gasteiger partial charge in [0.05, 0.1) is 22.0 Å². The minimum atomic E-state index is -4.71. The molecule has 0 aliphatic carbocycles. The van der Waals surface area contributed by atoms with Crippen molar-refractivity contribution < 1.29 is 27.6 Å². The highest BCUT2D eigenvalue weighted by Gasteiger charge is 2.33. The molecule has 0 saturated heterocycles. The average molecular weight is 434 g/mol. The van der Waals surface area contributed by atoms with Crippen molar-refractivity contribution in [2.75, 3.05) is 18.5 Å². The van der Waals surface area contributed by atoms with E-state index in [4.69, 9.17) is 9.47 Å². The van der Waals surface area contributed by atoms with Gasteiger partial charge in [0.15, 0.2) is 11.5 Å². The third kappa shape index (κ3) is 4.16. The van der Waals surface area contributed by atoms with E-state index in [2.05, 4.69) is 15.3 Å². The highest BCUT2D eigenvalue weighted by atomic mass is 19.4. The van der Waals surface area contributed by atoms with Crippen molar-refractivity contribution in [1.82, 2.24) is 9.97 Å². The molecule has 4 rings (SSSR count). The Labute approximate surface area is 174 Å². The van der Waals surface area contributed by atoms with Gasteiger partial charge in [0, 0.05) is 23.6 Å². The molecule has 0 amide bonds. The minimum Gasteiger partial charge on any atom is -0.486 e. The van der Waals surface area contributed by atoms with E-state index in [-0.39, 0.29) is 5.56 Å². The van der Waals surface area contributed by atoms with Crippen LogP contribution in [0.15, 0.2) is 30.3 Å². The van der Waals surface area contributed by atoms with Crippen molar-refractivity contribution >= 4 is 22.4 Å². The van der Waals surface area contributed by atoms with Gasteiger partial charge in [-0.2, -0.15) is 13.2 Å². The summed E-state index contributed by atoms with van der Waals surface area (Å²) < 4.78 is 50.9. The standard InChI is InChI=1S/C20H17F3N4O4/c1-10(12-5-13(20(21,22)23)7-14(6-12)27(28)29)24-19-15-8-17-18(31-4-3-30-17)9-16(15)25-11(2)26-19/h5-10H,3-4H2,1-2H3,(H,24,25,26)/t10-/m1/s1. The predicted molar refractivity (Wildman–Crippen MR) is 105 cm³/mol. The molecule has 1 N–H and O–H groups in total. The van der Waals surface area contributed by atoms with Crippen molar-refractivity contribution in [1.29, 1.82) is 0 Å². The molecular weight excluding hydrogens is 417 g/mol. The number of aryl methyl sites for hydroxylation is 1. The van der Waals surface area contributed by atoms with Crippen LogP contribution in [0, 0.1) is 17.0 Å². The number of hydrogen-bond acceptors (Lipinski definition) is 7. The number of nitrogens with zero attached hydrogens (tertiary/aromatic N) is 3. The zero-order chi connectivity index (χ0) is 22.3. The van der Waals surface area contributed by atoms with E-state index >= 15 is 0 Å². The smallest absolute Gasteiger partial charge is 0.416 e. The molecule has 0 spiro atoms. The van der Waals surface area contributed by atoms with Crippen LogP contribution >= 0.6 is 0 Å². The zero-order valence-electron chi connectivity index (χ0n) is 16.5. The summed E-state index contributed by atoms with van der Waals surface area (Å²) in [6.07, 6.45) is -4.71. The fraction of sp³-hybridized carbons (Fsp3) is 0.300. The second-order valence-electron chi connectivity index (χ2n) is 7.07. The number of nitro benzene ring substituents is 1. The highest BCUT2D eigenvalue weighted by molar-refractivity contribution is 5.92. The molecule has 1 atom stereocenters. The zero-order valence-corrected chi connectivity index (χ0v) is 16.5. The molecule has 0 fully saturated rings. The van der Waals surface area contributed by atoms with Crippen LogP contribution in [0.25, 0.3) is 10.9 Å². The number of nitro groups is 1. The second kappa shape index (κ2) is 7.56. The topological polar surface area (TPSA) is 99.4 Å². The summed E-state index contributed by atoms with van der Waals surface area (Å²) in [7, 11) is 0. The van der Waals surface area contributed by atoms with E-state index in [0.717, 1.165) is 12.1 Å². The number of aromatic nitrogens is 2. The Hall–Kier alpha value is -3.63. The van der Waals surface area contributed by atoms with Gasteiger partial charge in [-0.05, 0) is 31.5 Å². The number of fused-ring (bicyclic) bond motifs is 2. The van der Waals surface area contributed by atoms with Gasteiger partial charge >= 0.3 is 6.18 Å². The van der Waals surface area contributed by atoms with Crippen molar-refractivity contribution in [3.05, 3.63) is 57.4 Å². The number of non-ortho nitro benzene ring substituents is 1. The number of alkyl halides is 3. The van der Waals surface area contributed by atoms with Crippen molar-refractivity contribution in [2.45, 2.75) is 26.1 Å². The Morgan fingerprint density at radius 2 is 1.77 bits per heavy atom. The number of anilines is 1. The molecule has 0 unspecified atom stereocenters. The fourth-order valence-corrected chi connectivity index (χ4v) is 3.33. The Bertz CT molecular complexity index is 1180. The van der Waals surface area contributed by atoms with Crippen LogP contribution in [-0.4, -0.2) is 28.1 Å². The maximum absolute atomic E-state index is 13.2. The Kier molecular flexibility index (Phi) is 5.03. The first kappa shape index (κ1) is 20.6. The van der Waals surface area contributed by atoms with Gasteiger partial charge < -0.3 is 14.8 Å². The molecule has 2 aromatic carbocycles. The molecule has 8 nitrogen and oxygen atoms in total. The number of rotatable bonds is 4. The third-order valence-electron chi connectivity index (χ3n) is 4.80. The number of nitrogens with one attached hydrogen (secondary N) is 1. The fourth-order valence-electron chi connectivity index (χ4n) is 3.33. The van der Waals surface area contributed by atoms with E-state index < -0.39 is 28.4 Å². The van der Waals surface area contributed by atoms with Crippen molar-refractivity contribution in [3.8, 4) is 11.5 Å². The maximum Gasteiger partial charge on any atom is 0.416 e. The summed E-state index contributed by atoms with van der Waals surface area (Å²) in [5.74, 6) is 1.86. The number of hydrogen-bond donors (Lipinski definition) is 1. The second-order valence-corrected chi connectivity index (χ2v) is 7.07.